The van der Waals surface area contributed by atoms with Gasteiger partial charge in [-0.3, -0.25) is 0 Å². The second-order valence-electron chi connectivity index (χ2n) is 4.37. The van der Waals surface area contributed by atoms with Gasteiger partial charge >= 0.3 is 7.12 Å². The molecule has 0 aliphatic carbocycles. The van der Waals surface area contributed by atoms with Gasteiger partial charge in [0.1, 0.15) is 0 Å². The van der Waals surface area contributed by atoms with Gasteiger partial charge in [0, 0.05) is 5.15 Å². The highest BCUT2D eigenvalue weighted by Gasteiger charge is 2.52. The van der Waals surface area contributed by atoms with Gasteiger partial charge in [-0.25, -0.2) is 0 Å². The Morgan fingerprint density at radius 3 is 1.58 bits per heavy atom. The first kappa shape index (κ1) is 10.4. The zero-order valence-corrected chi connectivity index (χ0v) is 9.31. The molecule has 0 amide bonds. The third kappa shape index (κ3) is 1.65. The van der Waals surface area contributed by atoms with Gasteiger partial charge in [-0.05, 0) is 27.7 Å². The Balaban J connectivity index is 2.74. The lowest BCUT2D eigenvalue weighted by molar-refractivity contribution is 0.00578. The van der Waals surface area contributed by atoms with Gasteiger partial charge in [-0.15, -0.1) is 0 Å². The number of hydrogen-bond acceptors (Lipinski definition) is 3. The van der Waals surface area contributed by atoms with Crippen molar-refractivity contribution in [3.05, 3.63) is 0 Å². The molecule has 0 aromatic carbocycles. The fourth-order valence-electron chi connectivity index (χ4n) is 1.09. The summed E-state index contributed by atoms with van der Waals surface area (Å²) in [4.78, 5) is 0. The average Bonchev–Trinajstić information content (AvgIpc) is 2.03. The fraction of sp³-hybridized carbons (Fsp3) is 1.00. The molecule has 0 N–H and O–H groups in total. The van der Waals surface area contributed by atoms with Crippen LogP contribution in [0.5, 0.6) is 0 Å². The lowest BCUT2D eigenvalue weighted by Crippen LogP contribution is -2.41. The maximum Gasteiger partial charge on any atom is 0.471 e. The van der Waals surface area contributed by atoms with Gasteiger partial charge in [0.25, 0.3) is 0 Å². The second-order valence-corrected chi connectivity index (χ2v) is 5.18. The van der Waals surface area contributed by atoms with Crippen molar-refractivity contribution >= 4 is 19.7 Å². The molecule has 1 atom stereocenters. The Morgan fingerprint density at radius 1 is 1.08 bits per heavy atom. The van der Waals surface area contributed by atoms with E-state index in [0.29, 0.717) is 0 Å². The highest BCUT2D eigenvalue weighted by atomic mass is 32.1. The Hall–Kier alpha value is 0.335. The van der Waals surface area contributed by atoms with Crippen molar-refractivity contribution in [2.75, 3.05) is 0 Å². The zero-order chi connectivity index (χ0) is 9.57. The minimum absolute atomic E-state index is 0.117. The van der Waals surface area contributed by atoms with Crippen LogP contribution in [0.25, 0.3) is 0 Å². The summed E-state index contributed by atoms with van der Waals surface area (Å²) in [5.41, 5.74) is -0.455. The van der Waals surface area contributed by atoms with Crippen LogP contribution in [0.1, 0.15) is 34.6 Å². The molecule has 0 saturated carbocycles. The van der Waals surface area contributed by atoms with Gasteiger partial charge < -0.3 is 9.31 Å². The van der Waals surface area contributed by atoms with Crippen LogP contribution >= 0.6 is 12.6 Å². The van der Waals surface area contributed by atoms with E-state index in [2.05, 4.69) is 12.6 Å². The third-order valence-electron chi connectivity index (χ3n) is 2.67. The van der Waals surface area contributed by atoms with Crippen molar-refractivity contribution in [2.24, 2.45) is 0 Å². The van der Waals surface area contributed by atoms with Gasteiger partial charge in [0.05, 0.1) is 11.2 Å². The molecule has 0 spiro atoms. The van der Waals surface area contributed by atoms with Crippen molar-refractivity contribution < 1.29 is 9.31 Å². The largest absolute Gasteiger partial charge is 0.471 e. The quantitative estimate of drug-likeness (QED) is 0.500. The SMILES string of the molecule is C[C@H](S)B1OC(C)(C)C(C)(C)O1. The highest BCUT2D eigenvalue weighted by Crippen LogP contribution is 2.37. The molecule has 0 aromatic heterocycles. The van der Waals surface area contributed by atoms with Crippen LogP contribution in [-0.2, 0) is 9.31 Å². The van der Waals surface area contributed by atoms with Gasteiger partial charge in [-0.1, -0.05) is 6.92 Å². The van der Waals surface area contributed by atoms with Gasteiger partial charge in [0.2, 0.25) is 0 Å². The molecule has 1 saturated heterocycles. The van der Waals surface area contributed by atoms with E-state index < -0.39 is 0 Å². The summed E-state index contributed by atoms with van der Waals surface area (Å²) in [7, 11) is -0.182. The van der Waals surface area contributed by atoms with Crippen LogP contribution in [0.3, 0.4) is 0 Å². The predicted molar refractivity (Wildman–Crippen MR) is 54.5 cm³/mol. The Morgan fingerprint density at radius 2 is 1.42 bits per heavy atom. The van der Waals surface area contributed by atoms with Crippen LogP contribution in [0.2, 0.25) is 0 Å². The first-order valence-corrected chi connectivity index (χ1v) is 4.81. The summed E-state index contributed by atoms with van der Waals surface area (Å²) in [6.45, 7) is 10.2. The Labute approximate surface area is 80.6 Å². The topological polar surface area (TPSA) is 18.5 Å². The minimum atomic E-state index is -0.228. The van der Waals surface area contributed by atoms with Crippen LogP contribution in [0.4, 0.5) is 0 Å². The molecular weight excluding hydrogens is 171 g/mol. The minimum Gasteiger partial charge on any atom is -0.403 e. The van der Waals surface area contributed by atoms with E-state index in [4.69, 9.17) is 9.31 Å². The number of thiol groups is 1. The molecule has 12 heavy (non-hydrogen) atoms. The molecule has 1 aliphatic rings. The average molecular weight is 188 g/mol. The standard InChI is InChI=1S/C8H17BO2S/c1-6(12)9-10-7(2,3)8(4,5)11-9/h6,12H,1-5H3/t6-/m0/s1. The monoisotopic (exact) mass is 188 g/mol. The summed E-state index contributed by atoms with van der Waals surface area (Å²) < 4.78 is 11.5. The van der Waals surface area contributed by atoms with Crippen molar-refractivity contribution in [2.45, 2.75) is 51.0 Å². The molecule has 0 unspecified atom stereocenters. The molecule has 0 bridgehead atoms. The molecular formula is C8H17BO2S. The molecule has 2 nitrogen and oxygen atoms in total. The predicted octanol–water partition coefficient (Wildman–Crippen LogP) is 1.94. The van der Waals surface area contributed by atoms with Crippen LogP contribution in [0.15, 0.2) is 0 Å². The van der Waals surface area contributed by atoms with E-state index in [0.717, 1.165) is 0 Å². The third-order valence-corrected chi connectivity index (χ3v) is 2.91. The molecule has 0 aromatic rings. The maximum atomic E-state index is 5.73. The zero-order valence-electron chi connectivity index (χ0n) is 8.42. The Bertz CT molecular complexity index is 164. The van der Waals surface area contributed by atoms with E-state index in [1.807, 2.05) is 34.6 Å². The highest BCUT2D eigenvalue weighted by molar-refractivity contribution is 7.82. The second kappa shape index (κ2) is 2.93. The normalized spacial score (nSPS) is 29.0. The summed E-state index contributed by atoms with van der Waals surface area (Å²) in [5, 5.41) is 0.117. The van der Waals surface area contributed by atoms with Crippen molar-refractivity contribution in [1.29, 1.82) is 0 Å². The van der Waals surface area contributed by atoms with Crippen LogP contribution in [-0.4, -0.2) is 23.5 Å². The molecule has 0 radical (unpaired) electrons. The van der Waals surface area contributed by atoms with Crippen molar-refractivity contribution in [3.8, 4) is 0 Å². The smallest absolute Gasteiger partial charge is 0.403 e. The van der Waals surface area contributed by atoms with Crippen LogP contribution in [0, 0.1) is 0 Å². The molecule has 1 heterocycles. The first-order chi connectivity index (χ1) is 5.26. The Kier molecular flexibility index (Phi) is 2.54. The fourth-order valence-corrected chi connectivity index (χ4v) is 1.21. The molecule has 1 aliphatic heterocycles. The van der Waals surface area contributed by atoms with Crippen LogP contribution < -0.4 is 0 Å². The molecule has 1 rings (SSSR count). The lowest BCUT2D eigenvalue weighted by atomic mass is 9.85. The number of hydrogen-bond donors (Lipinski definition) is 1. The molecule has 1 fully saturated rings. The van der Waals surface area contributed by atoms with E-state index in [1.54, 1.807) is 0 Å². The van der Waals surface area contributed by atoms with E-state index in [1.165, 1.54) is 0 Å². The van der Waals surface area contributed by atoms with Gasteiger partial charge in [0.15, 0.2) is 0 Å². The molecule has 4 heteroatoms. The van der Waals surface area contributed by atoms with Crippen molar-refractivity contribution in [3.63, 3.8) is 0 Å². The molecule has 70 valence electrons. The summed E-state index contributed by atoms with van der Waals surface area (Å²) >= 11 is 4.30. The summed E-state index contributed by atoms with van der Waals surface area (Å²) in [6.07, 6.45) is 0. The summed E-state index contributed by atoms with van der Waals surface area (Å²) in [6, 6.07) is 0. The first-order valence-electron chi connectivity index (χ1n) is 4.30. The summed E-state index contributed by atoms with van der Waals surface area (Å²) in [5.74, 6) is 0. The van der Waals surface area contributed by atoms with E-state index in [9.17, 15) is 0 Å². The van der Waals surface area contributed by atoms with Gasteiger partial charge in [-0.2, -0.15) is 12.6 Å². The lowest BCUT2D eigenvalue weighted by Gasteiger charge is -2.32. The van der Waals surface area contributed by atoms with E-state index in [-0.39, 0.29) is 23.5 Å². The van der Waals surface area contributed by atoms with E-state index >= 15 is 0 Å². The van der Waals surface area contributed by atoms with Crippen molar-refractivity contribution in [1.82, 2.24) is 0 Å². The number of rotatable bonds is 1. The maximum absolute atomic E-state index is 5.73.